The summed E-state index contributed by atoms with van der Waals surface area (Å²) in [6, 6.07) is 17.1. The molecule has 28 heavy (non-hydrogen) atoms. The Kier molecular flexibility index (Phi) is 5.58. The fourth-order valence-corrected chi connectivity index (χ4v) is 3.49. The maximum Gasteiger partial charge on any atom is 0.317 e. The lowest BCUT2D eigenvalue weighted by molar-refractivity contribution is 0.171. The first-order chi connectivity index (χ1) is 13.7. The van der Waals surface area contributed by atoms with E-state index in [-0.39, 0.29) is 11.9 Å². The first-order valence-corrected chi connectivity index (χ1v) is 9.73. The maximum atomic E-state index is 12.5. The van der Waals surface area contributed by atoms with Crippen LogP contribution in [0.3, 0.4) is 0 Å². The third kappa shape index (κ3) is 4.34. The van der Waals surface area contributed by atoms with E-state index in [0.717, 1.165) is 30.5 Å². The number of piperidine rings is 1. The first-order valence-electron chi connectivity index (χ1n) is 9.35. The summed E-state index contributed by atoms with van der Waals surface area (Å²) >= 11 is 5.93. The molecule has 7 heteroatoms. The number of nitrogens with one attached hydrogen (secondary N) is 1. The topological polar surface area (TPSA) is 71.3 Å². The second-order valence-corrected chi connectivity index (χ2v) is 7.33. The number of nitrogens with zero attached hydrogens (tertiary/aromatic N) is 3. The number of amides is 2. The summed E-state index contributed by atoms with van der Waals surface area (Å²) in [6.45, 7) is 1.82. The van der Waals surface area contributed by atoms with Gasteiger partial charge in [0.1, 0.15) is 0 Å². The molecule has 1 atom stereocenters. The van der Waals surface area contributed by atoms with Gasteiger partial charge in [-0.15, -0.1) is 0 Å². The van der Waals surface area contributed by atoms with E-state index in [4.69, 9.17) is 16.1 Å². The van der Waals surface area contributed by atoms with E-state index < -0.39 is 0 Å². The number of hydrogen-bond acceptors (Lipinski definition) is 4. The van der Waals surface area contributed by atoms with Gasteiger partial charge in [0.25, 0.3) is 0 Å². The van der Waals surface area contributed by atoms with Crippen molar-refractivity contribution in [3.63, 3.8) is 0 Å². The Morgan fingerprint density at radius 2 is 1.96 bits per heavy atom. The Bertz CT molecular complexity index is 927. The molecule has 3 aromatic rings. The van der Waals surface area contributed by atoms with E-state index in [0.29, 0.717) is 29.8 Å². The van der Waals surface area contributed by atoms with Crippen LogP contribution in [0.2, 0.25) is 5.02 Å². The van der Waals surface area contributed by atoms with Crippen molar-refractivity contribution in [2.24, 2.45) is 0 Å². The predicted molar refractivity (Wildman–Crippen MR) is 107 cm³/mol. The molecule has 2 aromatic carbocycles. The maximum absolute atomic E-state index is 12.5. The van der Waals surface area contributed by atoms with Crippen molar-refractivity contribution >= 4 is 17.6 Å². The fraction of sp³-hybridized carbons (Fsp3) is 0.286. The van der Waals surface area contributed by atoms with Crippen molar-refractivity contribution in [3.05, 3.63) is 71.1 Å². The predicted octanol–water partition coefficient (Wildman–Crippen LogP) is 4.48. The van der Waals surface area contributed by atoms with Crippen LogP contribution in [0.1, 0.15) is 30.2 Å². The Morgan fingerprint density at radius 3 is 2.75 bits per heavy atom. The zero-order valence-electron chi connectivity index (χ0n) is 15.3. The highest BCUT2D eigenvalue weighted by molar-refractivity contribution is 6.30. The van der Waals surface area contributed by atoms with Crippen molar-refractivity contribution in [2.75, 3.05) is 13.1 Å². The smallest absolute Gasteiger partial charge is 0.317 e. The largest absolute Gasteiger partial charge is 0.339 e. The summed E-state index contributed by atoms with van der Waals surface area (Å²) in [6.07, 6.45) is 1.83. The van der Waals surface area contributed by atoms with E-state index >= 15 is 0 Å². The summed E-state index contributed by atoms with van der Waals surface area (Å²) in [5.74, 6) is 1.16. The molecule has 6 nitrogen and oxygen atoms in total. The van der Waals surface area contributed by atoms with Crippen molar-refractivity contribution < 1.29 is 9.32 Å². The summed E-state index contributed by atoms with van der Waals surface area (Å²) in [5, 5.41) is 7.74. The van der Waals surface area contributed by atoms with Crippen molar-refractivity contribution in [3.8, 4) is 11.4 Å². The molecule has 2 heterocycles. The Hall–Kier alpha value is -2.86. The third-order valence-corrected chi connectivity index (χ3v) is 5.14. The van der Waals surface area contributed by atoms with Crippen LogP contribution in [0, 0.1) is 0 Å². The summed E-state index contributed by atoms with van der Waals surface area (Å²) < 4.78 is 5.49. The van der Waals surface area contributed by atoms with Crippen LogP contribution >= 0.6 is 11.6 Å². The van der Waals surface area contributed by atoms with Gasteiger partial charge in [-0.1, -0.05) is 47.1 Å². The number of carbonyl (C=O) groups is 1. The standard InChI is InChI=1S/C21H21ClN4O2/c22-18-10-8-16(9-11-18)19-24-20(28-25-19)17-7-4-12-26(14-17)21(27)23-13-15-5-2-1-3-6-15/h1-3,5-6,8-11,17H,4,7,12-14H2,(H,23,27). The summed E-state index contributed by atoms with van der Waals surface area (Å²) in [4.78, 5) is 18.9. The minimum absolute atomic E-state index is 0.0461. The number of hydrogen-bond donors (Lipinski definition) is 1. The van der Waals surface area contributed by atoms with Crippen LogP contribution < -0.4 is 5.32 Å². The number of carbonyl (C=O) groups excluding carboxylic acids is 1. The van der Waals surface area contributed by atoms with Gasteiger partial charge in [0.2, 0.25) is 11.7 Å². The molecular weight excluding hydrogens is 376 g/mol. The number of rotatable bonds is 4. The highest BCUT2D eigenvalue weighted by Crippen LogP contribution is 2.28. The lowest BCUT2D eigenvalue weighted by Gasteiger charge is -2.31. The van der Waals surface area contributed by atoms with Crippen molar-refractivity contribution in [2.45, 2.75) is 25.3 Å². The molecule has 1 aromatic heterocycles. The molecule has 1 saturated heterocycles. The van der Waals surface area contributed by atoms with E-state index in [1.807, 2.05) is 47.4 Å². The average Bonchev–Trinajstić information content (AvgIpc) is 3.24. The second kappa shape index (κ2) is 8.44. The molecule has 1 aliphatic heterocycles. The second-order valence-electron chi connectivity index (χ2n) is 6.89. The zero-order valence-corrected chi connectivity index (χ0v) is 16.1. The molecule has 1 aliphatic rings. The van der Waals surface area contributed by atoms with Crippen LogP contribution in [-0.4, -0.2) is 34.2 Å². The normalized spacial score (nSPS) is 16.8. The molecule has 0 radical (unpaired) electrons. The number of aromatic nitrogens is 2. The van der Waals surface area contributed by atoms with Gasteiger partial charge >= 0.3 is 6.03 Å². The molecule has 2 amide bonds. The Balaban J connectivity index is 1.38. The molecule has 144 valence electrons. The van der Waals surface area contributed by atoms with Crippen molar-refractivity contribution in [1.29, 1.82) is 0 Å². The minimum Gasteiger partial charge on any atom is -0.339 e. The number of urea groups is 1. The molecule has 4 rings (SSSR count). The van der Waals surface area contributed by atoms with Gasteiger partial charge in [-0.2, -0.15) is 4.98 Å². The average molecular weight is 397 g/mol. The van der Waals surface area contributed by atoms with E-state index in [2.05, 4.69) is 15.5 Å². The van der Waals surface area contributed by atoms with Crippen LogP contribution in [0.4, 0.5) is 4.79 Å². The van der Waals surface area contributed by atoms with Crippen molar-refractivity contribution in [1.82, 2.24) is 20.4 Å². The van der Waals surface area contributed by atoms with Gasteiger partial charge in [-0.3, -0.25) is 0 Å². The Morgan fingerprint density at radius 1 is 1.18 bits per heavy atom. The highest BCUT2D eigenvalue weighted by atomic mass is 35.5. The SMILES string of the molecule is O=C(NCc1ccccc1)N1CCCC(c2nc(-c3ccc(Cl)cc3)no2)C1. The van der Waals surface area contributed by atoms with Gasteiger partial charge in [-0.05, 0) is 42.7 Å². The van der Waals surface area contributed by atoms with Crippen LogP contribution in [-0.2, 0) is 6.54 Å². The molecule has 0 spiro atoms. The molecule has 1 N–H and O–H groups in total. The van der Waals surface area contributed by atoms with Gasteiger partial charge in [0.05, 0.1) is 5.92 Å². The van der Waals surface area contributed by atoms with Crippen LogP contribution in [0.15, 0.2) is 59.1 Å². The van der Waals surface area contributed by atoms with Crippen LogP contribution in [0.5, 0.6) is 0 Å². The van der Waals surface area contributed by atoms with E-state index in [1.54, 1.807) is 12.1 Å². The summed E-state index contributed by atoms with van der Waals surface area (Å²) in [7, 11) is 0. The van der Waals surface area contributed by atoms with Crippen LogP contribution in [0.25, 0.3) is 11.4 Å². The lowest BCUT2D eigenvalue weighted by Crippen LogP contribution is -2.44. The first kappa shape index (κ1) is 18.5. The van der Waals surface area contributed by atoms with Gasteiger partial charge in [0, 0.05) is 30.2 Å². The van der Waals surface area contributed by atoms with E-state index in [1.165, 1.54) is 0 Å². The number of halogens is 1. The van der Waals surface area contributed by atoms with Gasteiger partial charge < -0.3 is 14.7 Å². The highest BCUT2D eigenvalue weighted by Gasteiger charge is 2.28. The Labute approximate surface area is 168 Å². The third-order valence-electron chi connectivity index (χ3n) is 4.89. The van der Waals surface area contributed by atoms with E-state index in [9.17, 15) is 4.79 Å². The number of benzene rings is 2. The monoisotopic (exact) mass is 396 g/mol. The molecule has 1 unspecified atom stereocenters. The minimum atomic E-state index is -0.0639. The van der Waals surface area contributed by atoms with Gasteiger partial charge in [0.15, 0.2) is 0 Å². The number of likely N-dealkylation sites (tertiary alicyclic amines) is 1. The zero-order chi connectivity index (χ0) is 19.3. The molecule has 1 fully saturated rings. The fourth-order valence-electron chi connectivity index (χ4n) is 3.37. The molecule has 0 saturated carbocycles. The lowest BCUT2D eigenvalue weighted by atomic mass is 9.98. The molecule has 0 bridgehead atoms. The van der Waals surface area contributed by atoms with Gasteiger partial charge in [-0.25, -0.2) is 4.79 Å². The molecule has 0 aliphatic carbocycles. The summed E-state index contributed by atoms with van der Waals surface area (Å²) in [5.41, 5.74) is 1.93. The quantitative estimate of drug-likeness (QED) is 0.705. The molecular formula is C21H21ClN4O2.